The van der Waals surface area contributed by atoms with E-state index in [4.69, 9.17) is 0 Å². The first kappa shape index (κ1) is 17.0. The molecule has 0 bridgehead atoms. The van der Waals surface area contributed by atoms with Gasteiger partial charge in [0.05, 0.1) is 5.52 Å². The lowest BCUT2D eigenvalue weighted by atomic mass is 10.2. The summed E-state index contributed by atoms with van der Waals surface area (Å²) in [7, 11) is -1.85. The third-order valence-corrected chi connectivity index (χ3v) is 11.8. The predicted octanol–water partition coefficient (Wildman–Crippen LogP) is 5.48. The summed E-state index contributed by atoms with van der Waals surface area (Å²) >= 11 is 0. The molecule has 0 spiro atoms. The topological polar surface area (TPSA) is 35.6 Å². The molecule has 4 aromatic rings. The van der Waals surface area contributed by atoms with Crippen LogP contribution in [0, 0.1) is 0 Å². The molecule has 5 heteroatoms. The lowest BCUT2D eigenvalue weighted by Crippen LogP contribution is -2.49. The molecule has 2 aromatic heterocycles. The Labute approximate surface area is 155 Å². The second-order valence-electron chi connectivity index (χ2n) is 8.65. The SMILES string of the molecule is CC(C)(C)[Si](C)(C)C(n1ccc2ccccc21)n1nnc2ccccc21. The average Bonchev–Trinajstić information content (AvgIpc) is 3.20. The molecule has 0 aliphatic rings. The zero-order valence-electron chi connectivity index (χ0n) is 16.1. The maximum absolute atomic E-state index is 4.62. The summed E-state index contributed by atoms with van der Waals surface area (Å²) < 4.78 is 4.56. The van der Waals surface area contributed by atoms with Crippen LogP contribution in [-0.4, -0.2) is 27.6 Å². The Morgan fingerprint density at radius 2 is 1.54 bits per heavy atom. The summed E-state index contributed by atoms with van der Waals surface area (Å²) in [6.07, 6.45) is 2.21. The molecule has 2 aromatic carbocycles. The first-order valence-corrected chi connectivity index (χ1v) is 12.2. The van der Waals surface area contributed by atoms with Crippen molar-refractivity contribution < 1.29 is 0 Å². The Hall–Kier alpha value is -2.40. The molecule has 1 atom stereocenters. The molecule has 4 rings (SSSR count). The van der Waals surface area contributed by atoms with Crippen molar-refractivity contribution in [3.63, 3.8) is 0 Å². The van der Waals surface area contributed by atoms with E-state index >= 15 is 0 Å². The van der Waals surface area contributed by atoms with Crippen molar-refractivity contribution >= 4 is 30.0 Å². The molecular formula is C21H26N4Si. The molecule has 0 aliphatic heterocycles. The molecular weight excluding hydrogens is 336 g/mol. The smallest absolute Gasteiger partial charge is 0.116 e. The van der Waals surface area contributed by atoms with Crippen molar-refractivity contribution in [3.8, 4) is 0 Å². The number of aromatic nitrogens is 4. The van der Waals surface area contributed by atoms with Gasteiger partial charge in [-0.15, -0.1) is 5.10 Å². The van der Waals surface area contributed by atoms with E-state index in [1.807, 2.05) is 12.1 Å². The number of para-hydroxylation sites is 2. The maximum Gasteiger partial charge on any atom is 0.116 e. The van der Waals surface area contributed by atoms with Crippen molar-refractivity contribution in [1.82, 2.24) is 19.6 Å². The van der Waals surface area contributed by atoms with E-state index in [9.17, 15) is 0 Å². The van der Waals surface area contributed by atoms with Crippen LogP contribution in [0.15, 0.2) is 60.8 Å². The molecule has 134 valence electrons. The summed E-state index contributed by atoms with van der Waals surface area (Å²) in [5.74, 6) is 0.148. The molecule has 26 heavy (non-hydrogen) atoms. The van der Waals surface area contributed by atoms with E-state index in [0.29, 0.717) is 0 Å². The molecule has 1 unspecified atom stereocenters. The fourth-order valence-corrected chi connectivity index (χ4v) is 6.04. The summed E-state index contributed by atoms with van der Waals surface area (Å²) in [6, 6.07) is 19.0. The number of benzene rings is 2. The Morgan fingerprint density at radius 1 is 0.885 bits per heavy atom. The van der Waals surface area contributed by atoms with Crippen LogP contribution in [0.2, 0.25) is 18.1 Å². The second-order valence-corrected chi connectivity index (χ2v) is 14.1. The normalized spacial score (nSPS) is 14.2. The molecule has 2 heterocycles. The molecule has 0 saturated heterocycles. The van der Waals surface area contributed by atoms with E-state index in [-0.39, 0.29) is 10.8 Å². The quantitative estimate of drug-likeness (QED) is 0.452. The Balaban J connectivity index is 2.02. The molecule has 0 amide bonds. The number of hydrogen-bond acceptors (Lipinski definition) is 2. The molecule has 0 N–H and O–H groups in total. The van der Waals surface area contributed by atoms with E-state index in [2.05, 4.69) is 102 Å². The van der Waals surface area contributed by atoms with Crippen LogP contribution in [0.5, 0.6) is 0 Å². The average molecular weight is 363 g/mol. The van der Waals surface area contributed by atoms with Gasteiger partial charge in [-0.25, -0.2) is 4.68 Å². The van der Waals surface area contributed by atoms with Gasteiger partial charge < -0.3 is 4.57 Å². The minimum atomic E-state index is -1.85. The summed E-state index contributed by atoms with van der Waals surface area (Å²) in [4.78, 5) is 0. The number of hydrogen-bond donors (Lipinski definition) is 0. The standard InChI is InChI=1S/C21H26N4Si/c1-21(2,3)26(4,5)20(24-15-14-16-10-6-8-12-18(16)24)25-19-13-9-7-11-17(19)22-23-25/h6-15,20H,1-5H3. The summed E-state index contributed by atoms with van der Waals surface area (Å²) in [6.45, 7) is 12.0. The summed E-state index contributed by atoms with van der Waals surface area (Å²) in [5.41, 5.74) is 3.30. The van der Waals surface area contributed by atoms with Gasteiger partial charge in [-0.1, -0.05) is 69.4 Å². The fraction of sp³-hybridized carbons (Fsp3) is 0.333. The van der Waals surface area contributed by atoms with Gasteiger partial charge in [0, 0.05) is 11.7 Å². The minimum Gasteiger partial charge on any atom is -0.328 e. The lowest BCUT2D eigenvalue weighted by molar-refractivity contribution is 0.488. The highest BCUT2D eigenvalue weighted by molar-refractivity contribution is 6.80. The Kier molecular flexibility index (Phi) is 3.81. The first-order chi connectivity index (χ1) is 12.3. The zero-order chi connectivity index (χ0) is 18.5. The molecule has 0 fully saturated rings. The van der Waals surface area contributed by atoms with Gasteiger partial charge in [0.25, 0.3) is 0 Å². The molecule has 0 aliphatic carbocycles. The van der Waals surface area contributed by atoms with Gasteiger partial charge in [0.2, 0.25) is 0 Å². The molecule has 4 nitrogen and oxygen atoms in total. The second kappa shape index (κ2) is 5.81. The Morgan fingerprint density at radius 3 is 2.27 bits per heavy atom. The highest BCUT2D eigenvalue weighted by Gasteiger charge is 2.45. The fourth-order valence-electron chi connectivity index (χ4n) is 3.54. The molecule has 0 radical (unpaired) electrons. The van der Waals surface area contributed by atoms with E-state index in [1.54, 1.807) is 0 Å². The third kappa shape index (κ3) is 2.50. The monoisotopic (exact) mass is 362 g/mol. The van der Waals surface area contributed by atoms with Crippen LogP contribution < -0.4 is 0 Å². The predicted molar refractivity (Wildman–Crippen MR) is 111 cm³/mol. The van der Waals surface area contributed by atoms with Crippen LogP contribution in [0.4, 0.5) is 0 Å². The number of nitrogens with zero attached hydrogens (tertiary/aromatic N) is 4. The van der Waals surface area contributed by atoms with Crippen LogP contribution in [0.3, 0.4) is 0 Å². The first-order valence-electron chi connectivity index (χ1n) is 9.16. The van der Waals surface area contributed by atoms with Crippen LogP contribution in [0.25, 0.3) is 21.9 Å². The highest BCUT2D eigenvalue weighted by atomic mass is 28.3. The number of fused-ring (bicyclic) bond motifs is 2. The highest BCUT2D eigenvalue weighted by Crippen LogP contribution is 2.44. The summed E-state index contributed by atoms with van der Waals surface area (Å²) in [5, 5.41) is 10.5. The zero-order valence-corrected chi connectivity index (χ0v) is 17.1. The van der Waals surface area contributed by atoms with E-state index in [1.165, 1.54) is 10.9 Å². The van der Waals surface area contributed by atoms with Gasteiger partial charge in [0.1, 0.15) is 19.4 Å². The maximum atomic E-state index is 4.62. The van der Waals surface area contributed by atoms with E-state index < -0.39 is 8.07 Å². The van der Waals surface area contributed by atoms with Gasteiger partial charge in [-0.05, 0) is 34.7 Å². The Bertz CT molecular complexity index is 994. The largest absolute Gasteiger partial charge is 0.328 e. The lowest BCUT2D eigenvalue weighted by Gasteiger charge is -2.43. The van der Waals surface area contributed by atoms with Crippen molar-refractivity contribution in [2.24, 2.45) is 0 Å². The van der Waals surface area contributed by atoms with Gasteiger partial charge >= 0.3 is 0 Å². The number of rotatable bonds is 3. The van der Waals surface area contributed by atoms with Crippen molar-refractivity contribution in [1.29, 1.82) is 0 Å². The van der Waals surface area contributed by atoms with Crippen molar-refractivity contribution in [2.45, 2.75) is 44.7 Å². The van der Waals surface area contributed by atoms with Gasteiger partial charge in [-0.2, -0.15) is 0 Å². The van der Waals surface area contributed by atoms with Crippen molar-refractivity contribution in [2.75, 3.05) is 0 Å². The van der Waals surface area contributed by atoms with Gasteiger partial charge in [0.15, 0.2) is 0 Å². The van der Waals surface area contributed by atoms with E-state index in [0.717, 1.165) is 11.0 Å². The van der Waals surface area contributed by atoms with Crippen LogP contribution in [-0.2, 0) is 0 Å². The molecule has 0 saturated carbocycles. The van der Waals surface area contributed by atoms with Crippen molar-refractivity contribution in [3.05, 3.63) is 60.8 Å². The van der Waals surface area contributed by atoms with Crippen LogP contribution in [0.1, 0.15) is 26.6 Å². The van der Waals surface area contributed by atoms with Crippen LogP contribution >= 0.6 is 0 Å². The van der Waals surface area contributed by atoms with Gasteiger partial charge in [-0.3, -0.25) is 0 Å². The minimum absolute atomic E-state index is 0.148. The third-order valence-electron chi connectivity index (χ3n) is 6.08.